The second-order valence-corrected chi connectivity index (χ2v) is 5.78. The third-order valence-electron chi connectivity index (χ3n) is 4.74. The van der Waals surface area contributed by atoms with E-state index in [-0.39, 0.29) is 17.4 Å². The van der Waals surface area contributed by atoms with Crippen molar-refractivity contribution in [3.8, 4) is 0 Å². The Balaban J connectivity index is 1.92. The van der Waals surface area contributed by atoms with Gasteiger partial charge < -0.3 is 16.4 Å². The van der Waals surface area contributed by atoms with Crippen molar-refractivity contribution < 1.29 is 4.79 Å². The molecule has 4 heteroatoms. The van der Waals surface area contributed by atoms with Crippen molar-refractivity contribution in [2.75, 3.05) is 18.9 Å². The van der Waals surface area contributed by atoms with E-state index in [1.807, 2.05) is 13.1 Å². The van der Waals surface area contributed by atoms with Gasteiger partial charge in [-0.2, -0.15) is 0 Å². The van der Waals surface area contributed by atoms with Gasteiger partial charge in [-0.1, -0.05) is 18.6 Å². The Morgan fingerprint density at radius 1 is 1.47 bits per heavy atom. The lowest BCUT2D eigenvalue weighted by atomic mass is 9.62. The molecule has 19 heavy (non-hydrogen) atoms. The summed E-state index contributed by atoms with van der Waals surface area (Å²) in [6.45, 7) is 0.715. The zero-order valence-corrected chi connectivity index (χ0v) is 11.3. The van der Waals surface area contributed by atoms with Gasteiger partial charge in [-0.05, 0) is 43.6 Å². The van der Waals surface area contributed by atoms with Crippen molar-refractivity contribution >= 4 is 11.6 Å². The van der Waals surface area contributed by atoms with Crippen molar-refractivity contribution in [2.45, 2.75) is 31.7 Å². The summed E-state index contributed by atoms with van der Waals surface area (Å²) in [5.74, 6) is 0.0883. The number of benzene rings is 1. The zero-order chi connectivity index (χ0) is 13.5. The summed E-state index contributed by atoms with van der Waals surface area (Å²) >= 11 is 0. The number of rotatable bonds is 4. The SMILES string of the molecule is CNC(c1ccc2c(c1)CC(=O)N2)C1(CN)CCC1. The molecule has 1 amide bonds. The van der Waals surface area contributed by atoms with Crippen LogP contribution in [-0.2, 0) is 11.2 Å². The largest absolute Gasteiger partial charge is 0.330 e. The number of fused-ring (bicyclic) bond motifs is 1. The fraction of sp³-hybridized carbons (Fsp3) is 0.533. The Morgan fingerprint density at radius 3 is 2.84 bits per heavy atom. The molecule has 1 aromatic rings. The molecule has 102 valence electrons. The van der Waals surface area contributed by atoms with E-state index in [9.17, 15) is 4.79 Å². The molecule has 3 rings (SSSR count). The van der Waals surface area contributed by atoms with Crippen molar-refractivity contribution in [2.24, 2.45) is 11.1 Å². The van der Waals surface area contributed by atoms with Gasteiger partial charge in [0.1, 0.15) is 0 Å². The highest BCUT2D eigenvalue weighted by molar-refractivity contribution is 5.99. The average Bonchev–Trinajstić information content (AvgIpc) is 2.72. The zero-order valence-electron chi connectivity index (χ0n) is 11.3. The van der Waals surface area contributed by atoms with E-state index in [0.29, 0.717) is 13.0 Å². The lowest BCUT2D eigenvalue weighted by Crippen LogP contribution is -2.47. The first-order chi connectivity index (χ1) is 9.18. The predicted octanol–water partition coefficient (Wildman–Crippen LogP) is 1.57. The Kier molecular flexibility index (Phi) is 3.07. The predicted molar refractivity (Wildman–Crippen MR) is 75.9 cm³/mol. The highest BCUT2D eigenvalue weighted by Crippen LogP contribution is 2.49. The maximum atomic E-state index is 11.4. The van der Waals surface area contributed by atoms with Crippen LogP contribution >= 0.6 is 0 Å². The number of anilines is 1. The number of hydrogen-bond acceptors (Lipinski definition) is 3. The van der Waals surface area contributed by atoms with Gasteiger partial charge in [0.15, 0.2) is 0 Å². The van der Waals surface area contributed by atoms with Gasteiger partial charge in [-0.3, -0.25) is 4.79 Å². The third kappa shape index (κ3) is 1.95. The molecule has 1 atom stereocenters. The highest BCUT2D eigenvalue weighted by Gasteiger charge is 2.43. The summed E-state index contributed by atoms with van der Waals surface area (Å²) in [7, 11) is 2.00. The summed E-state index contributed by atoms with van der Waals surface area (Å²) < 4.78 is 0. The standard InChI is InChI=1S/C15H21N3O/c1-17-14(15(9-16)5-2-6-15)10-3-4-12-11(7-10)8-13(19)18-12/h3-4,7,14,17H,2,5-6,8-9,16H2,1H3,(H,18,19). The minimum Gasteiger partial charge on any atom is -0.330 e. The van der Waals surface area contributed by atoms with Crippen LogP contribution in [0.2, 0.25) is 0 Å². The van der Waals surface area contributed by atoms with E-state index in [1.165, 1.54) is 24.8 Å². The van der Waals surface area contributed by atoms with Crippen molar-refractivity contribution in [3.05, 3.63) is 29.3 Å². The van der Waals surface area contributed by atoms with Crippen LogP contribution in [0.3, 0.4) is 0 Å². The fourth-order valence-corrected chi connectivity index (χ4v) is 3.50. The first kappa shape index (κ1) is 12.6. The number of carbonyl (C=O) groups is 1. The Hall–Kier alpha value is -1.39. The van der Waals surface area contributed by atoms with Crippen molar-refractivity contribution in [3.63, 3.8) is 0 Å². The summed E-state index contributed by atoms with van der Waals surface area (Å²) in [4.78, 5) is 11.4. The molecule has 0 aromatic heterocycles. The van der Waals surface area contributed by atoms with E-state index in [0.717, 1.165) is 11.3 Å². The van der Waals surface area contributed by atoms with Crippen LogP contribution in [0.5, 0.6) is 0 Å². The summed E-state index contributed by atoms with van der Waals surface area (Å²) in [5, 5.41) is 6.31. The molecule has 1 aliphatic carbocycles. The quantitative estimate of drug-likeness (QED) is 0.769. The fourth-order valence-electron chi connectivity index (χ4n) is 3.50. The Morgan fingerprint density at radius 2 is 2.26 bits per heavy atom. The van der Waals surface area contributed by atoms with Gasteiger partial charge in [-0.25, -0.2) is 0 Å². The first-order valence-electron chi connectivity index (χ1n) is 6.98. The molecule has 2 aliphatic rings. The molecule has 4 nitrogen and oxygen atoms in total. The maximum absolute atomic E-state index is 11.4. The van der Waals surface area contributed by atoms with Crippen LogP contribution < -0.4 is 16.4 Å². The average molecular weight is 259 g/mol. The monoisotopic (exact) mass is 259 g/mol. The molecule has 1 aromatic carbocycles. The number of amides is 1. The van der Waals surface area contributed by atoms with E-state index < -0.39 is 0 Å². The Labute approximate surface area is 113 Å². The van der Waals surface area contributed by atoms with E-state index in [1.54, 1.807) is 0 Å². The summed E-state index contributed by atoms with van der Waals surface area (Å²) in [6.07, 6.45) is 4.13. The van der Waals surface area contributed by atoms with Crippen LogP contribution in [-0.4, -0.2) is 19.5 Å². The van der Waals surface area contributed by atoms with Gasteiger partial charge in [0, 0.05) is 17.1 Å². The number of carbonyl (C=O) groups excluding carboxylic acids is 1. The molecular formula is C15H21N3O. The Bertz CT molecular complexity index is 503. The van der Waals surface area contributed by atoms with Gasteiger partial charge in [0.2, 0.25) is 5.91 Å². The van der Waals surface area contributed by atoms with Gasteiger partial charge in [-0.15, -0.1) is 0 Å². The number of hydrogen-bond donors (Lipinski definition) is 3. The lowest BCUT2D eigenvalue weighted by Gasteiger charge is -2.47. The first-order valence-corrected chi connectivity index (χ1v) is 6.98. The molecule has 0 spiro atoms. The van der Waals surface area contributed by atoms with Crippen molar-refractivity contribution in [1.82, 2.24) is 5.32 Å². The number of nitrogens with two attached hydrogens (primary N) is 1. The highest BCUT2D eigenvalue weighted by atomic mass is 16.1. The van der Waals surface area contributed by atoms with Gasteiger partial charge in [0.25, 0.3) is 0 Å². The topological polar surface area (TPSA) is 67.2 Å². The second-order valence-electron chi connectivity index (χ2n) is 5.78. The molecule has 0 saturated heterocycles. The molecular weight excluding hydrogens is 238 g/mol. The van der Waals surface area contributed by atoms with E-state index >= 15 is 0 Å². The molecule has 1 heterocycles. The van der Waals surface area contributed by atoms with Crippen molar-refractivity contribution in [1.29, 1.82) is 0 Å². The van der Waals surface area contributed by atoms with Gasteiger partial charge in [0.05, 0.1) is 6.42 Å². The second kappa shape index (κ2) is 4.62. The van der Waals surface area contributed by atoms with Crippen LogP contribution in [0, 0.1) is 5.41 Å². The smallest absolute Gasteiger partial charge is 0.228 e. The van der Waals surface area contributed by atoms with Crippen LogP contribution in [0.25, 0.3) is 0 Å². The van der Waals surface area contributed by atoms with E-state index in [4.69, 9.17) is 5.73 Å². The molecule has 1 fully saturated rings. The molecule has 4 N–H and O–H groups in total. The van der Waals surface area contributed by atoms with Crippen LogP contribution in [0.1, 0.15) is 36.4 Å². The number of nitrogens with one attached hydrogen (secondary N) is 2. The normalized spacial score (nSPS) is 21.5. The third-order valence-corrected chi connectivity index (χ3v) is 4.74. The summed E-state index contributed by atoms with van der Waals surface area (Å²) in [6, 6.07) is 6.57. The van der Waals surface area contributed by atoms with Crippen LogP contribution in [0.4, 0.5) is 5.69 Å². The maximum Gasteiger partial charge on any atom is 0.228 e. The minimum absolute atomic E-state index is 0.0883. The molecule has 1 saturated carbocycles. The molecule has 0 bridgehead atoms. The molecule has 0 radical (unpaired) electrons. The lowest BCUT2D eigenvalue weighted by molar-refractivity contribution is -0.115. The summed E-state index contributed by atoms with van der Waals surface area (Å²) in [5.41, 5.74) is 9.52. The minimum atomic E-state index is 0.0883. The van der Waals surface area contributed by atoms with Crippen LogP contribution in [0.15, 0.2) is 18.2 Å². The molecule has 1 aliphatic heterocycles. The van der Waals surface area contributed by atoms with Gasteiger partial charge >= 0.3 is 0 Å². The van der Waals surface area contributed by atoms with E-state index in [2.05, 4.69) is 22.8 Å². The molecule has 1 unspecified atom stereocenters.